The second-order valence-corrected chi connectivity index (χ2v) is 8.08. The quantitative estimate of drug-likeness (QED) is 0.543. The second-order valence-electron chi connectivity index (χ2n) is 6.13. The highest BCUT2D eigenvalue weighted by atomic mass is 32.2. The smallest absolute Gasteiger partial charge is 0.253 e. The van der Waals surface area contributed by atoms with E-state index in [1.165, 1.54) is 29.3 Å². The van der Waals surface area contributed by atoms with E-state index in [1.807, 2.05) is 0 Å². The van der Waals surface area contributed by atoms with Crippen molar-refractivity contribution in [2.24, 2.45) is 7.05 Å². The summed E-state index contributed by atoms with van der Waals surface area (Å²) in [5.74, 6) is -0.260. The van der Waals surface area contributed by atoms with E-state index in [2.05, 4.69) is 20.4 Å². The molecule has 4 aromatic rings. The highest BCUT2D eigenvalue weighted by Crippen LogP contribution is 2.19. The molecule has 10 heteroatoms. The van der Waals surface area contributed by atoms with Crippen molar-refractivity contribution in [1.29, 1.82) is 0 Å². The van der Waals surface area contributed by atoms with Crippen LogP contribution in [0.5, 0.6) is 0 Å². The molecule has 0 aliphatic rings. The molecule has 0 aliphatic carbocycles. The molecule has 4 heterocycles. The molecule has 1 N–H and O–H groups in total. The Hall–Kier alpha value is -3.53. The molecule has 0 spiro atoms. The predicted molar refractivity (Wildman–Crippen MR) is 99.3 cm³/mol. The molecule has 4 rings (SSSR count). The molecule has 142 valence electrons. The van der Waals surface area contributed by atoms with Crippen LogP contribution in [0.25, 0.3) is 5.65 Å². The molecule has 0 saturated heterocycles. The molecule has 0 bridgehead atoms. The standard InChI is InChI=1S/C18H16N6O3S/c1-23-12-16(10-22-23)28(26,27)15-4-3-14(20-9-15)8-21-18(25)13-2-5-17-19-6-7-24(17)11-13/h2-7,9-12H,8H2,1H3,(H,21,25). The zero-order chi connectivity index (χ0) is 19.7. The van der Waals surface area contributed by atoms with Gasteiger partial charge in [0.2, 0.25) is 9.84 Å². The maximum Gasteiger partial charge on any atom is 0.253 e. The van der Waals surface area contributed by atoms with Crippen LogP contribution in [0.2, 0.25) is 0 Å². The van der Waals surface area contributed by atoms with E-state index in [0.29, 0.717) is 11.3 Å². The van der Waals surface area contributed by atoms with Gasteiger partial charge in [0.05, 0.1) is 28.9 Å². The van der Waals surface area contributed by atoms with Gasteiger partial charge in [-0.2, -0.15) is 5.10 Å². The SMILES string of the molecule is Cn1cc(S(=O)(=O)c2ccc(CNC(=O)c3ccc4nccn4c3)nc2)cn1. The minimum absolute atomic E-state index is 0.0705. The monoisotopic (exact) mass is 396 g/mol. The lowest BCUT2D eigenvalue weighted by atomic mass is 10.2. The van der Waals surface area contributed by atoms with Crippen LogP contribution in [0.15, 0.2) is 71.2 Å². The number of pyridine rings is 2. The lowest BCUT2D eigenvalue weighted by Gasteiger charge is -2.07. The molecule has 0 unspecified atom stereocenters. The van der Waals surface area contributed by atoms with E-state index in [9.17, 15) is 13.2 Å². The van der Waals surface area contributed by atoms with Gasteiger partial charge in [0.15, 0.2) is 0 Å². The number of carbonyl (C=O) groups excluding carboxylic acids is 1. The molecule has 0 fully saturated rings. The summed E-state index contributed by atoms with van der Waals surface area (Å²) in [7, 11) is -2.02. The number of aromatic nitrogens is 5. The van der Waals surface area contributed by atoms with Crippen molar-refractivity contribution < 1.29 is 13.2 Å². The molecule has 1 amide bonds. The topological polar surface area (TPSA) is 111 Å². The van der Waals surface area contributed by atoms with Crippen LogP contribution in [0, 0.1) is 0 Å². The Labute approximate surface area is 160 Å². The zero-order valence-electron chi connectivity index (χ0n) is 14.8. The van der Waals surface area contributed by atoms with Crippen molar-refractivity contribution >= 4 is 21.4 Å². The van der Waals surface area contributed by atoms with Gasteiger partial charge in [-0.15, -0.1) is 0 Å². The lowest BCUT2D eigenvalue weighted by Crippen LogP contribution is -2.23. The Morgan fingerprint density at radius 3 is 2.64 bits per heavy atom. The molecule has 0 saturated carbocycles. The van der Waals surface area contributed by atoms with Crippen LogP contribution in [-0.4, -0.2) is 38.5 Å². The van der Waals surface area contributed by atoms with Gasteiger partial charge < -0.3 is 9.72 Å². The van der Waals surface area contributed by atoms with Crippen molar-refractivity contribution in [3.8, 4) is 0 Å². The lowest BCUT2D eigenvalue weighted by molar-refractivity contribution is 0.0950. The molecule has 0 radical (unpaired) electrons. The maximum absolute atomic E-state index is 12.5. The van der Waals surface area contributed by atoms with Gasteiger partial charge >= 0.3 is 0 Å². The van der Waals surface area contributed by atoms with E-state index in [0.717, 1.165) is 5.65 Å². The Balaban J connectivity index is 1.45. The Morgan fingerprint density at radius 2 is 1.93 bits per heavy atom. The molecular weight excluding hydrogens is 380 g/mol. The van der Waals surface area contributed by atoms with Crippen LogP contribution < -0.4 is 5.32 Å². The van der Waals surface area contributed by atoms with Crippen LogP contribution in [0.3, 0.4) is 0 Å². The largest absolute Gasteiger partial charge is 0.346 e. The van der Waals surface area contributed by atoms with E-state index < -0.39 is 9.84 Å². The van der Waals surface area contributed by atoms with Crippen molar-refractivity contribution in [3.63, 3.8) is 0 Å². The van der Waals surface area contributed by atoms with Crippen LogP contribution in [0.4, 0.5) is 0 Å². The number of sulfone groups is 1. The van der Waals surface area contributed by atoms with Gasteiger partial charge in [-0.1, -0.05) is 0 Å². The number of amides is 1. The number of carbonyl (C=O) groups is 1. The Morgan fingerprint density at radius 1 is 1.07 bits per heavy atom. The first-order chi connectivity index (χ1) is 13.4. The number of imidazole rings is 1. The summed E-state index contributed by atoms with van der Waals surface area (Å²) in [4.78, 5) is 20.8. The second kappa shape index (κ2) is 6.89. The first-order valence-corrected chi connectivity index (χ1v) is 9.81. The third kappa shape index (κ3) is 3.37. The van der Waals surface area contributed by atoms with Crippen molar-refractivity contribution in [1.82, 2.24) is 29.5 Å². The molecule has 0 aliphatic heterocycles. The van der Waals surface area contributed by atoms with Crippen LogP contribution >= 0.6 is 0 Å². The van der Waals surface area contributed by atoms with Gasteiger partial charge in [-0.05, 0) is 24.3 Å². The van der Waals surface area contributed by atoms with Crippen molar-refractivity contribution in [2.75, 3.05) is 0 Å². The number of nitrogens with zero attached hydrogens (tertiary/aromatic N) is 5. The first kappa shape index (κ1) is 17.9. The minimum Gasteiger partial charge on any atom is -0.346 e. The highest BCUT2D eigenvalue weighted by Gasteiger charge is 2.19. The Bertz CT molecular complexity index is 1260. The number of fused-ring (bicyclic) bond motifs is 1. The highest BCUT2D eigenvalue weighted by molar-refractivity contribution is 7.91. The Kier molecular flexibility index (Phi) is 4.40. The molecule has 9 nitrogen and oxygen atoms in total. The summed E-state index contributed by atoms with van der Waals surface area (Å²) in [5.41, 5.74) is 1.78. The minimum atomic E-state index is -3.67. The van der Waals surface area contributed by atoms with Crippen molar-refractivity contribution in [3.05, 3.63) is 72.7 Å². The van der Waals surface area contributed by atoms with Crippen molar-refractivity contribution in [2.45, 2.75) is 16.3 Å². The summed E-state index contributed by atoms with van der Waals surface area (Å²) in [6.45, 7) is 0.175. The molecule has 28 heavy (non-hydrogen) atoms. The molecule has 4 aromatic heterocycles. The number of aryl methyl sites for hydroxylation is 1. The van der Waals surface area contributed by atoms with Crippen LogP contribution in [-0.2, 0) is 23.4 Å². The molecule has 0 aromatic carbocycles. The van der Waals surface area contributed by atoms with Gasteiger partial charge in [-0.3, -0.25) is 14.5 Å². The summed E-state index contributed by atoms with van der Waals surface area (Å²) in [5, 5.41) is 6.65. The number of nitrogens with one attached hydrogen (secondary N) is 1. The van der Waals surface area contributed by atoms with Gasteiger partial charge in [0.1, 0.15) is 10.5 Å². The number of hydrogen-bond acceptors (Lipinski definition) is 6. The van der Waals surface area contributed by atoms with E-state index in [1.54, 1.807) is 48.2 Å². The first-order valence-electron chi connectivity index (χ1n) is 8.33. The summed E-state index contributed by atoms with van der Waals surface area (Å²) < 4.78 is 28.2. The third-order valence-corrected chi connectivity index (χ3v) is 5.87. The fraction of sp³-hybridized carbons (Fsp3) is 0.111. The fourth-order valence-electron chi connectivity index (χ4n) is 2.68. The average molecular weight is 396 g/mol. The van der Waals surface area contributed by atoms with E-state index >= 15 is 0 Å². The summed E-state index contributed by atoms with van der Waals surface area (Å²) >= 11 is 0. The normalized spacial score (nSPS) is 11.6. The van der Waals surface area contributed by atoms with E-state index in [-0.39, 0.29) is 22.2 Å². The predicted octanol–water partition coefficient (Wildman–Crippen LogP) is 1.23. The van der Waals surface area contributed by atoms with Gasteiger partial charge in [-0.25, -0.2) is 13.4 Å². The zero-order valence-corrected chi connectivity index (χ0v) is 15.7. The molecular formula is C18H16N6O3S. The number of hydrogen-bond donors (Lipinski definition) is 1. The van der Waals surface area contributed by atoms with Gasteiger partial charge in [0.25, 0.3) is 5.91 Å². The van der Waals surface area contributed by atoms with Crippen LogP contribution in [0.1, 0.15) is 16.1 Å². The van der Waals surface area contributed by atoms with E-state index in [4.69, 9.17) is 0 Å². The molecule has 0 atom stereocenters. The maximum atomic E-state index is 12.5. The number of rotatable bonds is 5. The summed E-state index contributed by atoms with van der Waals surface area (Å²) in [6, 6.07) is 6.48. The fourth-order valence-corrected chi connectivity index (χ4v) is 3.86. The third-order valence-electron chi connectivity index (χ3n) is 4.18. The van der Waals surface area contributed by atoms with Gasteiger partial charge in [0, 0.05) is 38.0 Å². The average Bonchev–Trinajstić information content (AvgIpc) is 3.34. The summed E-state index contributed by atoms with van der Waals surface area (Å²) in [6.07, 6.45) is 9.11.